The summed E-state index contributed by atoms with van der Waals surface area (Å²) in [7, 11) is 0. The third kappa shape index (κ3) is 2.92. The van der Waals surface area contributed by atoms with Crippen LogP contribution >= 0.6 is 15.9 Å². The highest BCUT2D eigenvalue weighted by atomic mass is 79.9. The van der Waals surface area contributed by atoms with Gasteiger partial charge in [-0.25, -0.2) is 0 Å². The van der Waals surface area contributed by atoms with Crippen LogP contribution in [0.25, 0.3) is 0 Å². The highest BCUT2D eigenvalue weighted by Gasteiger charge is 2.30. The summed E-state index contributed by atoms with van der Waals surface area (Å²) in [5.41, 5.74) is 2.10. The summed E-state index contributed by atoms with van der Waals surface area (Å²) in [6.07, 6.45) is 2.62. The van der Waals surface area contributed by atoms with Crippen LogP contribution in [0.4, 0.5) is 5.69 Å². The van der Waals surface area contributed by atoms with Gasteiger partial charge in [0.05, 0.1) is 0 Å². The second-order valence-electron chi connectivity index (χ2n) is 5.61. The van der Waals surface area contributed by atoms with Crippen LogP contribution in [0.15, 0.2) is 22.7 Å². The van der Waals surface area contributed by atoms with Gasteiger partial charge in [-0.2, -0.15) is 0 Å². The van der Waals surface area contributed by atoms with Crippen molar-refractivity contribution in [3.8, 4) is 0 Å². The van der Waals surface area contributed by atoms with Crippen molar-refractivity contribution in [3.63, 3.8) is 0 Å². The maximum atomic E-state index is 12.5. The topological polar surface area (TPSA) is 57.7 Å². The van der Waals surface area contributed by atoms with E-state index < -0.39 is 0 Å². The van der Waals surface area contributed by atoms with Gasteiger partial charge in [0.25, 0.3) is 0 Å². The molecule has 2 heterocycles. The quantitative estimate of drug-likeness (QED) is 0.773. The van der Waals surface area contributed by atoms with Gasteiger partial charge in [-0.3, -0.25) is 19.3 Å². The molecule has 1 saturated heterocycles. The smallest absolute Gasteiger partial charge is 0.229 e. The minimum Gasteiger partial charge on any atom is -0.312 e. The molecule has 6 heteroatoms. The SMILES string of the molecule is O=C1CCC(=O)N1CCC(=O)N1CCCc2cc(Br)ccc21. The highest BCUT2D eigenvalue weighted by Crippen LogP contribution is 2.30. The van der Waals surface area contributed by atoms with Gasteiger partial charge >= 0.3 is 0 Å². The van der Waals surface area contributed by atoms with Crippen LogP contribution in [0.5, 0.6) is 0 Å². The summed E-state index contributed by atoms with van der Waals surface area (Å²) in [5, 5.41) is 0. The maximum absolute atomic E-state index is 12.5. The first-order valence-electron chi connectivity index (χ1n) is 7.48. The van der Waals surface area contributed by atoms with Crippen LogP contribution < -0.4 is 4.90 Å². The zero-order valence-electron chi connectivity index (χ0n) is 12.2. The zero-order chi connectivity index (χ0) is 15.7. The molecule has 5 nitrogen and oxygen atoms in total. The summed E-state index contributed by atoms with van der Waals surface area (Å²) in [6, 6.07) is 5.92. The van der Waals surface area contributed by atoms with Crippen molar-refractivity contribution in [2.45, 2.75) is 32.1 Å². The number of rotatable bonds is 3. The number of fused-ring (bicyclic) bond motifs is 1. The second kappa shape index (κ2) is 6.20. The molecular weight excluding hydrogens is 348 g/mol. The van der Waals surface area contributed by atoms with Gasteiger partial charge < -0.3 is 4.90 Å². The molecule has 0 saturated carbocycles. The van der Waals surface area contributed by atoms with E-state index in [4.69, 9.17) is 0 Å². The van der Waals surface area contributed by atoms with Crippen molar-refractivity contribution in [1.29, 1.82) is 0 Å². The first kappa shape index (κ1) is 15.2. The summed E-state index contributed by atoms with van der Waals surface area (Å²) >= 11 is 3.45. The molecule has 0 unspecified atom stereocenters. The Morgan fingerprint density at radius 1 is 1.14 bits per heavy atom. The van der Waals surface area contributed by atoms with E-state index in [1.165, 1.54) is 4.90 Å². The number of benzene rings is 1. The Hall–Kier alpha value is -1.69. The average molecular weight is 365 g/mol. The fraction of sp³-hybridized carbons (Fsp3) is 0.438. The number of carbonyl (C=O) groups excluding carboxylic acids is 3. The van der Waals surface area contributed by atoms with E-state index >= 15 is 0 Å². The summed E-state index contributed by atoms with van der Waals surface area (Å²) in [4.78, 5) is 38.6. The fourth-order valence-corrected chi connectivity index (χ4v) is 3.45. The van der Waals surface area contributed by atoms with E-state index in [1.54, 1.807) is 4.90 Å². The molecule has 1 aromatic rings. The molecule has 2 aliphatic rings. The number of carbonyl (C=O) groups is 3. The molecule has 3 amide bonds. The standard InChI is InChI=1S/C16H17BrN2O3/c17-12-3-4-13-11(10-12)2-1-8-18(13)16(22)7-9-19-14(20)5-6-15(19)21/h3-4,10H,1-2,5-9H2. The van der Waals surface area contributed by atoms with Crippen molar-refractivity contribution < 1.29 is 14.4 Å². The predicted molar refractivity (Wildman–Crippen MR) is 85.4 cm³/mol. The molecular formula is C16H17BrN2O3. The third-order valence-electron chi connectivity index (χ3n) is 4.17. The van der Waals surface area contributed by atoms with Crippen molar-refractivity contribution in [2.24, 2.45) is 0 Å². The van der Waals surface area contributed by atoms with Crippen LogP contribution in [0.3, 0.4) is 0 Å². The van der Waals surface area contributed by atoms with E-state index in [2.05, 4.69) is 15.9 Å². The number of amides is 3. The Kier molecular flexibility index (Phi) is 4.29. The number of imide groups is 1. The Balaban J connectivity index is 1.69. The molecule has 0 aliphatic carbocycles. The molecule has 0 bridgehead atoms. The van der Waals surface area contributed by atoms with E-state index in [-0.39, 0.29) is 43.5 Å². The van der Waals surface area contributed by atoms with Crippen LogP contribution in [0.2, 0.25) is 0 Å². The number of halogens is 1. The summed E-state index contributed by atoms with van der Waals surface area (Å²) in [6.45, 7) is 0.883. The molecule has 0 spiro atoms. The largest absolute Gasteiger partial charge is 0.312 e. The first-order valence-corrected chi connectivity index (χ1v) is 8.27. The lowest BCUT2D eigenvalue weighted by Crippen LogP contribution is -2.39. The lowest BCUT2D eigenvalue weighted by atomic mass is 10.0. The van der Waals surface area contributed by atoms with Crippen molar-refractivity contribution >= 4 is 39.3 Å². The Labute approximate surface area is 137 Å². The number of aryl methyl sites for hydroxylation is 1. The minimum absolute atomic E-state index is 0.0317. The van der Waals surface area contributed by atoms with Gasteiger partial charge in [-0.15, -0.1) is 0 Å². The number of hydrogen-bond acceptors (Lipinski definition) is 3. The van der Waals surface area contributed by atoms with Gasteiger partial charge in [0.15, 0.2) is 0 Å². The van der Waals surface area contributed by atoms with Gasteiger partial charge in [-0.05, 0) is 36.6 Å². The molecule has 116 valence electrons. The lowest BCUT2D eigenvalue weighted by molar-refractivity contribution is -0.138. The molecule has 1 fully saturated rings. The van der Waals surface area contributed by atoms with E-state index in [0.717, 1.165) is 28.6 Å². The Bertz CT molecular complexity index is 628. The van der Waals surface area contributed by atoms with E-state index in [9.17, 15) is 14.4 Å². The Morgan fingerprint density at radius 3 is 2.59 bits per heavy atom. The minimum atomic E-state index is -0.166. The van der Waals surface area contributed by atoms with Gasteiger partial charge in [0, 0.05) is 42.5 Å². The third-order valence-corrected chi connectivity index (χ3v) is 4.66. The van der Waals surface area contributed by atoms with E-state index in [0.29, 0.717) is 6.54 Å². The predicted octanol–water partition coefficient (Wildman–Crippen LogP) is 2.27. The monoisotopic (exact) mass is 364 g/mol. The van der Waals surface area contributed by atoms with Crippen LogP contribution in [0.1, 0.15) is 31.2 Å². The van der Waals surface area contributed by atoms with Crippen molar-refractivity contribution in [1.82, 2.24) is 4.90 Å². The zero-order valence-corrected chi connectivity index (χ0v) is 13.8. The van der Waals surface area contributed by atoms with Gasteiger partial charge in [0.1, 0.15) is 0 Å². The fourth-order valence-electron chi connectivity index (χ4n) is 3.04. The Morgan fingerprint density at radius 2 is 1.86 bits per heavy atom. The van der Waals surface area contributed by atoms with Crippen LogP contribution in [-0.4, -0.2) is 35.7 Å². The highest BCUT2D eigenvalue weighted by molar-refractivity contribution is 9.10. The molecule has 22 heavy (non-hydrogen) atoms. The summed E-state index contributed by atoms with van der Waals surface area (Å²) in [5.74, 6) is -0.364. The van der Waals surface area contributed by atoms with Gasteiger partial charge in [0.2, 0.25) is 17.7 Å². The van der Waals surface area contributed by atoms with E-state index in [1.807, 2.05) is 18.2 Å². The maximum Gasteiger partial charge on any atom is 0.229 e. The first-order chi connectivity index (χ1) is 10.6. The number of nitrogens with zero attached hydrogens (tertiary/aromatic N) is 2. The average Bonchev–Trinajstić information content (AvgIpc) is 2.82. The number of likely N-dealkylation sites (tertiary alicyclic amines) is 1. The van der Waals surface area contributed by atoms with Gasteiger partial charge in [-0.1, -0.05) is 15.9 Å². The molecule has 1 aromatic carbocycles. The molecule has 3 rings (SSSR count). The lowest BCUT2D eigenvalue weighted by Gasteiger charge is -2.30. The van der Waals surface area contributed by atoms with Crippen LogP contribution in [-0.2, 0) is 20.8 Å². The molecule has 0 atom stereocenters. The normalized spacial score (nSPS) is 17.9. The van der Waals surface area contributed by atoms with Crippen LogP contribution in [0, 0.1) is 0 Å². The molecule has 0 radical (unpaired) electrons. The molecule has 2 aliphatic heterocycles. The number of hydrogen-bond donors (Lipinski definition) is 0. The second-order valence-corrected chi connectivity index (χ2v) is 6.53. The van der Waals surface area contributed by atoms with Crippen molar-refractivity contribution in [3.05, 3.63) is 28.2 Å². The molecule has 0 aromatic heterocycles. The van der Waals surface area contributed by atoms with Crippen molar-refractivity contribution in [2.75, 3.05) is 18.0 Å². The molecule has 0 N–H and O–H groups in total. The summed E-state index contributed by atoms with van der Waals surface area (Å²) < 4.78 is 1.01. The number of anilines is 1.